The Morgan fingerprint density at radius 3 is 2.52 bits per heavy atom. The zero-order chi connectivity index (χ0) is 22.3. The number of anilines is 1. The first-order chi connectivity index (χ1) is 14.8. The van der Waals surface area contributed by atoms with Crippen LogP contribution in [0.5, 0.6) is 5.75 Å². The molecule has 1 aliphatic rings. The lowest BCUT2D eigenvalue weighted by Crippen LogP contribution is -2.44. The number of halogens is 3. The second kappa shape index (κ2) is 7.82. The lowest BCUT2D eigenvalue weighted by Gasteiger charge is -2.31. The molecule has 0 saturated heterocycles. The monoisotopic (exact) mass is 427 g/mol. The molecule has 1 aliphatic heterocycles. The first kappa shape index (κ1) is 20.5. The number of fused-ring (bicyclic) bond motifs is 1. The van der Waals surface area contributed by atoms with Gasteiger partial charge in [0.25, 0.3) is 0 Å². The van der Waals surface area contributed by atoms with Crippen LogP contribution in [-0.4, -0.2) is 22.8 Å². The molecule has 0 radical (unpaired) electrons. The third kappa shape index (κ3) is 3.86. The Labute approximate surface area is 177 Å². The molecule has 6 nitrogen and oxygen atoms in total. The number of hydrogen-bond donors (Lipinski definition) is 1. The maximum absolute atomic E-state index is 13.8. The number of benzene rings is 2. The van der Waals surface area contributed by atoms with Crippen molar-refractivity contribution >= 4 is 23.0 Å². The molecule has 160 valence electrons. The Hall–Kier alpha value is -3.75. The van der Waals surface area contributed by atoms with Gasteiger partial charge < -0.3 is 15.0 Å². The number of methoxy groups -OCH3 is 1. The van der Waals surface area contributed by atoms with Gasteiger partial charge in [-0.25, -0.2) is 18.2 Å². The third-order valence-electron chi connectivity index (χ3n) is 4.92. The van der Waals surface area contributed by atoms with Crippen LogP contribution in [0.4, 0.5) is 24.5 Å². The summed E-state index contributed by atoms with van der Waals surface area (Å²) in [5.41, 5.74) is 3.55. The quantitative estimate of drug-likeness (QED) is 0.627. The highest BCUT2D eigenvalue weighted by molar-refractivity contribution is 6.07. The molecular formula is C22H20F3N5O. The van der Waals surface area contributed by atoms with Crippen LogP contribution in [0.2, 0.25) is 0 Å². The third-order valence-corrected chi connectivity index (χ3v) is 4.92. The molecule has 0 amide bonds. The lowest BCUT2D eigenvalue weighted by molar-refractivity contribution is 0.414. The van der Waals surface area contributed by atoms with Crippen molar-refractivity contribution in [2.24, 2.45) is 12.0 Å². The van der Waals surface area contributed by atoms with Crippen molar-refractivity contribution in [1.82, 2.24) is 15.1 Å². The summed E-state index contributed by atoms with van der Waals surface area (Å²) in [5.74, 6) is -2.91. The molecule has 3 aromatic rings. The van der Waals surface area contributed by atoms with E-state index in [4.69, 9.17) is 9.73 Å². The van der Waals surface area contributed by atoms with Crippen LogP contribution in [0.15, 0.2) is 48.1 Å². The van der Waals surface area contributed by atoms with Gasteiger partial charge in [-0.1, -0.05) is 6.58 Å². The molecule has 9 heteroatoms. The summed E-state index contributed by atoms with van der Waals surface area (Å²) in [5, 5.41) is 7.50. The number of nitrogens with one attached hydrogen (secondary N) is 1. The minimum absolute atomic E-state index is 0.0289. The number of aromatic nitrogens is 2. The predicted octanol–water partition coefficient (Wildman–Crippen LogP) is 4.42. The van der Waals surface area contributed by atoms with Crippen LogP contribution in [0.3, 0.4) is 0 Å². The van der Waals surface area contributed by atoms with Crippen molar-refractivity contribution in [2.45, 2.75) is 13.5 Å². The van der Waals surface area contributed by atoms with E-state index in [1.807, 2.05) is 13.0 Å². The van der Waals surface area contributed by atoms with Crippen LogP contribution in [0.25, 0.3) is 5.70 Å². The van der Waals surface area contributed by atoms with Gasteiger partial charge >= 0.3 is 0 Å². The zero-order valence-electron chi connectivity index (χ0n) is 17.2. The number of rotatable bonds is 4. The summed E-state index contributed by atoms with van der Waals surface area (Å²) in [6.45, 7) is 5.93. The normalized spacial score (nSPS) is 14.6. The van der Waals surface area contributed by atoms with Gasteiger partial charge in [0, 0.05) is 13.2 Å². The van der Waals surface area contributed by atoms with Gasteiger partial charge in [0.05, 0.1) is 30.7 Å². The molecule has 2 aromatic carbocycles. The van der Waals surface area contributed by atoms with Crippen LogP contribution in [0.1, 0.15) is 16.8 Å². The number of hydrogen-bond acceptors (Lipinski definition) is 3. The van der Waals surface area contributed by atoms with Gasteiger partial charge in [0.2, 0.25) is 5.96 Å². The second-order valence-corrected chi connectivity index (χ2v) is 7.19. The van der Waals surface area contributed by atoms with Gasteiger partial charge in [-0.2, -0.15) is 5.10 Å². The minimum atomic E-state index is -1.50. The Bertz CT molecular complexity index is 1190. The van der Waals surface area contributed by atoms with Gasteiger partial charge in [0.15, 0.2) is 17.5 Å². The fraction of sp³-hybridized carbons (Fsp3) is 0.182. The van der Waals surface area contributed by atoms with Crippen molar-refractivity contribution in [2.75, 3.05) is 12.0 Å². The molecule has 0 spiro atoms. The largest absolute Gasteiger partial charge is 0.497 e. The molecule has 4 rings (SSSR count). The molecule has 0 fully saturated rings. The highest BCUT2D eigenvalue weighted by Gasteiger charge is 2.29. The van der Waals surface area contributed by atoms with E-state index in [1.54, 1.807) is 42.1 Å². The van der Waals surface area contributed by atoms with Crippen LogP contribution in [0, 0.1) is 24.4 Å². The van der Waals surface area contributed by atoms with Crippen LogP contribution < -0.4 is 15.0 Å². The molecule has 1 aromatic heterocycles. The highest BCUT2D eigenvalue weighted by atomic mass is 19.2. The molecular weight excluding hydrogens is 407 g/mol. The summed E-state index contributed by atoms with van der Waals surface area (Å²) in [4.78, 5) is 6.42. The van der Waals surface area contributed by atoms with Crippen molar-refractivity contribution in [3.8, 4) is 5.75 Å². The second-order valence-electron chi connectivity index (χ2n) is 7.19. The van der Waals surface area contributed by atoms with E-state index in [2.05, 4.69) is 17.0 Å². The minimum Gasteiger partial charge on any atom is -0.497 e. The highest BCUT2D eigenvalue weighted by Crippen LogP contribution is 2.32. The van der Waals surface area contributed by atoms with Gasteiger partial charge in [-0.15, -0.1) is 0 Å². The van der Waals surface area contributed by atoms with Gasteiger partial charge in [-0.3, -0.25) is 4.68 Å². The van der Waals surface area contributed by atoms with E-state index in [-0.39, 0.29) is 12.1 Å². The van der Waals surface area contributed by atoms with Crippen molar-refractivity contribution in [3.63, 3.8) is 0 Å². The summed E-state index contributed by atoms with van der Waals surface area (Å²) in [6, 6.07) is 7.37. The van der Waals surface area contributed by atoms with Gasteiger partial charge in [-0.05, 0) is 48.4 Å². The summed E-state index contributed by atoms with van der Waals surface area (Å²) < 4.78 is 47.9. The number of aryl methyl sites for hydroxylation is 2. The molecule has 0 saturated carbocycles. The molecule has 2 heterocycles. The fourth-order valence-corrected chi connectivity index (χ4v) is 3.39. The number of ether oxygens (including phenoxy) is 1. The Kier molecular flexibility index (Phi) is 5.18. The zero-order valence-corrected chi connectivity index (χ0v) is 17.2. The Morgan fingerprint density at radius 1 is 1.16 bits per heavy atom. The average Bonchev–Trinajstić information content (AvgIpc) is 3.12. The molecule has 0 aliphatic carbocycles. The summed E-state index contributed by atoms with van der Waals surface area (Å²) in [6.07, 6.45) is 1.76. The fourth-order valence-electron chi connectivity index (χ4n) is 3.39. The first-order valence-electron chi connectivity index (χ1n) is 9.41. The SMILES string of the molecule is C=C1NC(=Nc2ccc(OC)cc2C)N(Cc2cc(F)c(F)c(F)c2)c2cn(C)nc21. The van der Waals surface area contributed by atoms with Crippen molar-refractivity contribution < 1.29 is 17.9 Å². The number of guanidine groups is 1. The summed E-state index contributed by atoms with van der Waals surface area (Å²) >= 11 is 0. The van der Waals surface area contributed by atoms with E-state index in [0.29, 0.717) is 34.5 Å². The van der Waals surface area contributed by atoms with E-state index < -0.39 is 17.5 Å². The predicted molar refractivity (Wildman–Crippen MR) is 113 cm³/mol. The average molecular weight is 427 g/mol. The lowest BCUT2D eigenvalue weighted by atomic mass is 10.1. The molecule has 0 atom stereocenters. The van der Waals surface area contributed by atoms with Crippen molar-refractivity contribution in [3.05, 3.63) is 77.4 Å². The van der Waals surface area contributed by atoms with Crippen molar-refractivity contribution in [1.29, 1.82) is 0 Å². The van der Waals surface area contributed by atoms with E-state index in [9.17, 15) is 13.2 Å². The van der Waals surface area contributed by atoms with E-state index in [1.165, 1.54) is 0 Å². The van der Waals surface area contributed by atoms with E-state index in [0.717, 1.165) is 17.7 Å². The smallest absolute Gasteiger partial charge is 0.208 e. The van der Waals surface area contributed by atoms with Crippen LogP contribution >= 0.6 is 0 Å². The number of aliphatic imine (C=N–C) groups is 1. The number of nitrogens with zero attached hydrogens (tertiary/aromatic N) is 4. The Balaban J connectivity index is 1.81. The van der Waals surface area contributed by atoms with Crippen LogP contribution in [-0.2, 0) is 13.6 Å². The first-order valence-corrected chi connectivity index (χ1v) is 9.41. The summed E-state index contributed by atoms with van der Waals surface area (Å²) in [7, 11) is 3.34. The maximum Gasteiger partial charge on any atom is 0.208 e. The van der Waals surface area contributed by atoms with Gasteiger partial charge in [0.1, 0.15) is 11.4 Å². The maximum atomic E-state index is 13.8. The molecule has 0 bridgehead atoms. The molecule has 31 heavy (non-hydrogen) atoms. The Morgan fingerprint density at radius 2 is 1.87 bits per heavy atom. The van der Waals surface area contributed by atoms with E-state index >= 15 is 0 Å². The molecule has 1 N–H and O–H groups in total. The molecule has 0 unspecified atom stereocenters. The topological polar surface area (TPSA) is 54.7 Å². The standard InChI is InChI=1S/C22H20F3N5O/c1-12-7-15(31-4)5-6-18(12)27-22-26-13(2)21-19(11-29(3)28-21)30(22)10-14-8-16(23)20(25)17(24)9-14/h5-9,11H,2,10H2,1,3-4H3,(H,26,27).